The highest BCUT2D eigenvalue weighted by Crippen LogP contribution is 2.53. The van der Waals surface area contributed by atoms with Crippen molar-refractivity contribution >= 4 is 193 Å². The van der Waals surface area contributed by atoms with Gasteiger partial charge in [0, 0.05) is 169 Å². The van der Waals surface area contributed by atoms with Crippen LogP contribution in [0.2, 0.25) is 20.1 Å². The lowest BCUT2D eigenvalue weighted by atomic mass is 9.73. The zero-order chi connectivity index (χ0) is 100. The van der Waals surface area contributed by atoms with Crippen LogP contribution >= 0.6 is 105 Å². The predicted molar refractivity (Wildman–Crippen MR) is 554 cm³/mol. The van der Waals surface area contributed by atoms with Crippen molar-refractivity contribution in [3.63, 3.8) is 0 Å². The molecule has 8 aliphatic heterocycles. The number of aromatic nitrogens is 15. The molecule has 7 saturated heterocycles. The number of anilines is 14. The quantitative estimate of drug-likeness (QED) is 0.0453. The van der Waals surface area contributed by atoms with Crippen molar-refractivity contribution < 1.29 is 27.4 Å². The van der Waals surface area contributed by atoms with Crippen LogP contribution in [-0.2, 0) is 20.4 Å². The molecule has 8 atom stereocenters. The first-order valence-electron chi connectivity index (χ1n) is 46.4. The highest BCUT2D eigenvalue weighted by Gasteiger charge is 2.52. The Morgan fingerprint density at radius 2 is 0.631 bits per heavy atom. The molecule has 0 aromatic carbocycles. The average molecular weight is 2110 g/mol. The Morgan fingerprint density at radius 1 is 0.355 bits per heavy atom. The Bertz CT molecular complexity index is 5610. The number of nitrogens with two attached hydrogens (primary N) is 14. The van der Waals surface area contributed by atoms with E-state index in [9.17, 15) is 13.2 Å². The van der Waals surface area contributed by atoms with Crippen LogP contribution in [-0.4, -0.2) is 208 Å². The number of halogens is 7. The maximum absolute atomic E-state index is 13.1. The van der Waals surface area contributed by atoms with Crippen LogP contribution in [0.4, 0.5) is 94.6 Å². The summed E-state index contributed by atoms with van der Waals surface area (Å²) in [7, 11) is 0. The van der Waals surface area contributed by atoms with Crippen LogP contribution in [0.1, 0.15) is 123 Å². The van der Waals surface area contributed by atoms with Gasteiger partial charge in [-0.05, 0) is 150 Å². The Labute approximate surface area is 856 Å². The Kier molecular flexibility index (Phi) is 32.4. The number of ether oxygens (including phenoxy) is 3. The van der Waals surface area contributed by atoms with E-state index in [1.54, 1.807) is 73.8 Å². The molecule has 5 spiro atoms. The second-order valence-electron chi connectivity index (χ2n) is 37.7. The van der Waals surface area contributed by atoms with Gasteiger partial charge in [-0.25, -0.2) is 74.8 Å². The zero-order valence-electron chi connectivity index (χ0n) is 78.3. The molecule has 2 saturated carbocycles. The summed E-state index contributed by atoms with van der Waals surface area (Å²) in [5.41, 5.74) is 84.5. The van der Waals surface area contributed by atoms with E-state index >= 15 is 0 Å². The first kappa shape index (κ1) is 104. The molecule has 0 unspecified atom stereocenters. The van der Waals surface area contributed by atoms with Crippen LogP contribution < -0.4 is 105 Å². The van der Waals surface area contributed by atoms with Gasteiger partial charge in [0.15, 0.2) is 34.8 Å². The van der Waals surface area contributed by atoms with Gasteiger partial charge in [-0.15, -0.1) is 0 Å². The third kappa shape index (κ3) is 23.5. The standard InChI is InChI=1S/2C19H26ClN7S.2C18H24ClN7OS.C17H18F3N7OS/c2*1-11-8-13(21)19(9-11)3-6-27(7-4-19)14-10-25-18(17(23)26-14)28-12-2-5-24-16(22)15(12)20;2*1-10-14(20)18(9-27-10)3-6-26(7-4-18)12-8-24-17(16(22)25-12)28-11-2-5-23-15(21)13(11)19;18-17(19,20)12-10(2-1-5-23-12)29-14-13(21)26-11(8-24-14)27-6-3-16(4-7-27)9-25-15(22)28-16/h2*2,5,10-11,13H,3-4,6-9,21H2,1H3,(H2,22,24)(H2,23,26);2*2,5,8,10,14H,3-4,6-7,9,20H2,1H3,(H2,21,23)(H2,22,25);1-2,5,8H,3-4,6-7,9H2,(H2,21,26)(H2,22,25)/t11-,13+;11-,13-;10-,14+;10-,14-;/m0101./s1. The summed E-state index contributed by atoms with van der Waals surface area (Å²) in [5, 5.41) is 4.18. The Morgan fingerprint density at radius 3 is 0.872 bits per heavy atom. The molecule has 10 aliphatic rings. The molecule has 0 radical (unpaired) electrons. The van der Waals surface area contributed by atoms with E-state index in [-0.39, 0.29) is 85.8 Å². The molecule has 28 N–H and O–H groups in total. The maximum atomic E-state index is 13.1. The van der Waals surface area contributed by atoms with Crippen molar-refractivity contribution in [2.24, 2.45) is 67.2 Å². The van der Waals surface area contributed by atoms with Crippen LogP contribution in [0.15, 0.2) is 153 Å². The highest BCUT2D eigenvalue weighted by molar-refractivity contribution is 8.00. The lowest BCUT2D eigenvalue weighted by Gasteiger charge is -2.42. The molecule has 10 aromatic heterocycles. The number of amidine groups is 1. The van der Waals surface area contributed by atoms with E-state index in [1.165, 1.54) is 78.2 Å². The SMILES string of the molecule is C[C@@H]1C[C@@H](N)C2(CCN(c3cnc(Sc4ccnc(N)c4Cl)c(N)n3)CC2)C1.C[C@@H]1OCC2(CCN(c3cnc(Sc4ccnc(N)c4Cl)c(N)n3)CC2)[C@@H]1N.C[C@H]1C[C@@H](N)C2(CCN(c3cnc(Sc4ccnc(N)c4Cl)c(N)n3)CC2)C1.C[C@H]1OCC2(CCN(c3cnc(Sc4ccnc(N)c4Cl)c(N)n3)CC2)[C@@H]1N.NC1=NCC2(CCN(c3cnc(Sc4cccnc4C(F)(F)F)c(N)n3)CC2)O1. The van der Waals surface area contributed by atoms with E-state index in [1.807, 2.05) is 4.90 Å². The van der Waals surface area contributed by atoms with Crippen molar-refractivity contribution in [2.45, 2.75) is 215 Å². The van der Waals surface area contributed by atoms with Gasteiger partial charge in [0.05, 0.1) is 83.0 Å². The van der Waals surface area contributed by atoms with E-state index in [2.05, 4.69) is 127 Å². The number of hydrogen-bond acceptors (Lipinski definition) is 43. The molecular weight excluding hydrogens is 1990 g/mol. The largest absolute Gasteiger partial charge is 0.457 e. The monoisotopic (exact) mass is 2110 g/mol. The number of pyridine rings is 5. The number of nitrogen functional groups attached to an aromatic ring is 9. The number of hydrogen-bond donors (Lipinski definition) is 14. The predicted octanol–water partition coefficient (Wildman–Crippen LogP) is 13.0. The molecular formula is C91H118Cl4F3N35O3S5. The Hall–Kier alpha value is -9.92. The van der Waals surface area contributed by atoms with E-state index in [4.69, 9.17) is 141 Å². The van der Waals surface area contributed by atoms with E-state index < -0.39 is 11.9 Å². The van der Waals surface area contributed by atoms with Gasteiger partial charge in [-0.1, -0.05) is 119 Å². The molecule has 50 heteroatoms. The number of rotatable bonds is 15. The normalized spacial score (nSPS) is 22.9. The van der Waals surface area contributed by atoms with Gasteiger partial charge < -0.3 is 119 Å². The molecule has 2 aliphatic carbocycles. The van der Waals surface area contributed by atoms with Gasteiger partial charge in [0.2, 0.25) is 0 Å². The highest BCUT2D eigenvalue weighted by atomic mass is 35.5. The Balaban J connectivity index is 0.000000127. The smallest absolute Gasteiger partial charge is 0.434 e. The minimum absolute atomic E-state index is 0.0643. The molecule has 38 nitrogen and oxygen atoms in total. The molecule has 18 heterocycles. The van der Waals surface area contributed by atoms with Crippen molar-refractivity contribution in [3.8, 4) is 0 Å². The number of nitrogens with zero attached hydrogens (tertiary/aromatic N) is 21. The summed E-state index contributed by atoms with van der Waals surface area (Å²) in [6.07, 6.45) is 26.3. The molecule has 754 valence electrons. The van der Waals surface area contributed by atoms with Gasteiger partial charge in [0.25, 0.3) is 6.02 Å². The maximum Gasteiger partial charge on any atom is 0.434 e. The third-order valence-corrected chi connectivity index (χ3v) is 36.0. The summed E-state index contributed by atoms with van der Waals surface area (Å²) < 4.78 is 56.6. The fraction of sp³-hybridized carbons (Fsp3) is 0.495. The average Bonchev–Trinajstić information content (AvgIpc) is 1.65. The van der Waals surface area contributed by atoms with Gasteiger partial charge in [-0.2, -0.15) is 13.2 Å². The van der Waals surface area contributed by atoms with Crippen LogP contribution in [0.3, 0.4) is 0 Å². The summed E-state index contributed by atoms with van der Waals surface area (Å²) in [5.74, 6) is 7.90. The van der Waals surface area contributed by atoms with Crippen molar-refractivity contribution in [1.29, 1.82) is 0 Å². The number of aliphatic imine (C=N–C) groups is 1. The first-order chi connectivity index (χ1) is 67.3. The lowest BCUT2D eigenvalue weighted by molar-refractivity contribution is -0.143. The van der Waals surface area contributed by atoms with Crippen molar-refractivity contribution in [2.75, 3.05) is 161 Å². The third-order valence-electron chi connectivity index (χ3n) is 28.6. The van der Waals surface area contributed by atoms with Gasteiger partial charge >= 0.3 is 6.18 Å². The van der Waals surface area contributed by atoms with Crippen molar-refractivity contribution in [1.82, 2.24) is 74.8 Å². The summed E-state index contributed by atoms with van der Waals surface area (Å²) in [4.78, 5) is 82.2. The number of piperidine rings is 5. The van der Waals surface area contributed by atoms with E-state index in [0.29, 0.717) is 112 Å². The van der Waals surface area contributed by atoms with Crippen LogP contribution in [0, 0.1) is 33.5 Å². The summed E-state index contributed by atoms with van der Waals surface area (Å²) in [6.45, 7) is 19.2. The molecule has 0 bridgehead atoms. The van der Waals surface area contributed by atoms with E-state index in [0.717, 1.165) is 215 Å². The fourth-order valence-corrected chi connectivity index (χ4v) is 25.2. The molecule has 9 fully saturated rings. The minimum atomic E-state index is -4.56. The minimum Gasteiger partial charge on any atom is -0.457 e. The van der Waals surface area contributed by atoms with Crippen molar-refractivity contribution in [3.05, 3.63) is 124 Å². The molecule has 10 aromatic rings. The fourth-order valence-electron chi connectivity index (χ4n) is 20.3. The summed E-state index contributed by atoms with van der Waals surface area (Å²) >= 11 is 31.0. The lowest BCUT2D eigenvalue weighted by Crippen LogP contribution is -2.50. The molecule has 20 rings (SSSR count). The second-order valence-corrected chi connectivity index (χ2v) is 44.4. The molecule has 141 heavy (non-hydrogen) atoms. The second kappa shape index (κ2) is 43.9. The van der Waals surface area contributed by atoms with Gasteiger partial charge in [-0.3, -0.25) is 4.98 Å². The summed E-state index contributed by atoms with van der Waals surface area (Å²) in [6, 6.07) is 10.9. The van der Waals surface area contributed by atoms with Crippen LogP contribution in [0.5, 0.6) is 0 Å². The van der Waals surface area contributed by atoms with Gasteiger partial charge in [0.1, 0.15) is 83.1 Å². The van der Waals surface area contributed by atoms with Crippen LogP contribution in [0.25, 0.3) is 0 Å². The molecule has 0 amide bonds. The number of alkyl halides is 3. The first-order valence-corrected chi connectivity index (χ1v) is 52.0. The zero-order valence-corrected chi connectivity index (χ0v) is 85.4. The topological polar surface area (TPSA) is 614 Å².